The predicted molar refractivity (Wildman–Crippen MR) is 83.3 cm³/mol. The van der Waals surface area contributed by atoms with Crippen LogP contribution < -0.4 is 11.1 Å². The van der Waals surface area contributed by atoms with Crippen LogP contribution in [0.5, 0.6) is 0 Å². The van der Waals surface area contributed by atoms with Gasteiger partial charge in [-0.2, -0.15) is 0 Å². The molecule has 1 unspecified atom stereocenters. The first kappa shape index (κ1) is 14.3. The van der Waals surface area contributed by atoms with Gasteiger partial charge in [0.05, 0.1) is 17.2 Å². The first-order valence-corrected chi connectivity index (χ1v) is 9.16. The van der Waals surface area contributed by atoms with Gasteiger partial charge in [0.25, 0.3) is 5.91 Å². The van der Waals surface area contributed by atoms with Crippen LogP contribution in [0.3, 0.4) is 0 Å². The van der Waals surface area contributed by atoms with Crippen LogP contribution in [0.4, 0.5) is 5.69 Å². The Morgan fingerprint density at radius 1 is 1.52 bits per heavy atom. The van der Waals surface area contributed by atoms with Crippen molar-refractivity contribution in [3.8, 4) is 0 Å². The number of nitrogen functional groups attached to an aromatic ring is 1. The minimum atomic E-state index is -3.02. The molecule has 3 heterocycles. The summed E-state index contributed by atoms with van der Waals surface area (Å²) in [5.74, 6) is -0.196. The van der Waals surface area contributed by atoms with E-state index < -0.39 is 9.84 Å². The second-order valence-electron chi connectivity index (χ2n) is 5.23. The monoisotopic (exact) mass is 325 g/mol. The molecule has 1 amide bonds. The number of carbonyl (C=O) groups is 1. The Balaban J connectivity index is 1.89. The number of nitrogens with zero attached hydrogens (tertiary/aromatic N) is 1. The topological polar surface area (TPSA) is 102 Å². The molecule has 1 atom stereocenters. The number of nitrogens with one attached hydrogen (secondary N) is 1. The SMILES string of the molecule is Cc1ccnc2sc(C(=O)NC3CCS(=O)(=O)C3)c(N)c12. The number of hydrogen-bond acceptors (Lipinski definition) is 6. The van der Waals surface area contributed by atoms with E-state index >= 15 is 0 Å². The Kier molecular flexibility index (Phi) is 3.37. The lowest BCUT2D eigenvalue weighted by molar-refractivity contribution is 0.0946. The molecule has 1 aliphatic rings. The van der Waals surface area contributed by atoms with Crippen molar-refractivity contribution in [2.24, 2.45) is 0 Å². The van der Waals surface area contributed by atoms with E-state index in [1.54, 1.807) is 6.20 Å². The van der Waals surface area contributed by atoms with Crippen LogP contribution in [0, 0.1) is 6.92 Å². The van der Waals surface area contributed by atoms with Gasteiger partial charge in [0.15, 0.2) is 9.84 Å². The number of aromatic nitrogens is 1. The summed E-state index contributed by atoms with van der Waals surface area (Å²) in [7, 11) is -3.02. The van der Waals surface area contributed by atoms with Crippen molar-refractivity contribution < 1.29 is 13.2 Å². The Morgan fingerprint density at radius 2 is 2.29 bits per heavy atom. The molecule has 8 heteroatoms. The molecule has 112 valence electrons. The molecule has 0 radical (unpaired) electrons. The van der Waals surface area contributed by atoms with E-state index in [9.17, 15) is 13.2 Å². The Labute approximate surface area is 126 Å². The number of nitrogens with two attached hydrogens (primary N) is 1. The summed E-state index contributed by atoms with van der Waals surface area (Å²) in [5.41, 5.74) is 7.44. The molecule has 2 aromatic rings. The summed E-state index contributed by atoms with van der Waals surface area (Å²) in [6.07, 6.45) is 2.13. The molecular weight excluding hydrogens is 310 g/mol. The summed E-state index contributed by atoms with van der Waals surface area (Å²) in [4.78, 5) is 17.7. The van der Waals surface area contributed by atoms with Crippen molar-refractivity contribution in [1.82, 2.24) is 10.3 Å². The molecule has 0 bridgehead atoms. The van der Waals surface area contributed by atoms with Crippen molar-refractivity contribution in [3.63, 3.8) is 0 Å². The smallest absolute Gasteiger partial charge is 0.263 e. The van der Waals surface area contributed by atoms with E-state index in [4.69, 9.17) is 5.73 Å². The van der Waals surface area contributed by atoms with Gasteiger partial charge in [0, 0.05) is 17.6 Å². The number of rotatable bonds is 2. The van der Waals surface area contributed by atoms with E-state index in [1.807, 2.05) is 13.0 Å². The average Bonchev–Trinajstić information content (AvgIpc) is 2.91. The van der Waals surface area contributed by atoms with Crippen molar-refractivity contribution in [2.45, 2.75) is 19.4 Å². The van der Waals surface area contributed by atoms with E-state index in [1.165, 1.54) is 11.3 Å². The quantitative estimate of drug-likeness (QED) is 0.861. The van der Waals surface area contributed by atoms with Gasteiger partial charge in [-0.15, -0.1) is 11.3 Å². The van der Waals surface area contributed by atoms with Crippen LogP contribution >= 0.6 is 11.3 Å². The highest BCUT2D eigenvalue weighted by Crippen LogP contribution is 2.34. The predicted octanol–water partition coefficient (Wildman–Crippen LogP) is 1.10. The lowest BCUT2D eigenvalue weighted by Gasteiger charge is -2.09. The minimum Gasteiger partial charge on any atom is -0.397 e. The molecule has 0 spiro atoms. The Morgan fingerprint density at radius 3 is 2.90 bits per heavy atom. The van der Waals surface area contributed by atoms with Crippen LogP contribution in [0.1, 0.15) is 21.7 Å². The number of thiophene rings is 1. The average molecular weight is 325 g/mol. The molecule has 0 saturated carbocycles. The van der Waals surface area contributed by atoms with Gasteiger partial charge in [-0.05, 0) is 25.0 Å². The van der Waals surface area contributed by atoms with Crippen molar-refractivity contribution in [2.75, 3.05) is 17.2 Å². The largest absolute Gasteiger partial charge is 0.397 e. The standard InChI is InChI=1S/C13H15N3O3S2/c1-7-2-4-15-13-9(7)10(14)11(20-13)12(17)16-8-3-5-21(18,19)6-8/h2,4,8H,3,5-6,14H2,1H3,(H,16,17). The molecule has 1 saturated heterocycles. The third-order valence-corrected chi connectivity index (χ3v) is 6.49. The second-order valence-corrected chi connectivity index (χ2v) is 8.45. The maximum atomic E-state index is 12.3. The number of fused-ring (bicyclic) bond motifs is 1. The van der Waals surface area contributed by atoms with Gasteiger partial charge in [-0.1, -0.05) is 0 Å². The summed E-state index contributed by atoms with van der Waals surface area (Å²) >= 11 is 1.23. The zero-order valence-corrected chi connectivity index (χ0v) is 13.1. The number of anilines is 1. The molecule has 6 nitrogen and oxygen atoms in total. The first-order valence-electron chi connectivity index (χ1n) is 6.52. The van der Waals surface area contributed by atoms with Crippen molar-refractivity contribution in [3.05, 3.63) is 22.7 Å². The van der Waals surface area contributed by atoms with E-state index in [2.05, 4.69) is 10.3 Å². The van der Waals surface area contributed by atoms with Crippen molar-refractivity contribution in [1.29, 1.82) is 0 Å². The molecule has 0 aliphatic carbocycles. The molecule has 1 fully saturated rings. The maximum absolute atomic E-state index is 12.3. The third kappa shape index (κ3) is 2.60. The zero-order chi connectivity index (χ0) is 15.2. The first-order chi connectivity index (χ1) is 9.87. The molecule has 21 heavy (non-hydrogen) atoms. The number of carbonyl (C=O) groups excluding carboxylic acids is 1. The Hall–Kier alpha value is -1.67. The fourth-order valence-electron chi connectivity index (χ4n) is 2.53. The fraction of sp³-hybridized carbons (Fsp3) is 0.385. The molecule has 3 N–H and O–H groups in total. The highest BCUT2D eigenvalue weighted by molar-refractivity contribution is 7.91. The summed E-state index contributed by atoms with van der Waals surface area (Å²) in [6.45, 7) is 1.92. The lowest BCUT2D eigenvalue weighted by Crippen LogP contribution is -2.35. The molecular formula is C13H15N3O3S2. The van der Waals surface area contributed by atoms with Gasteiger partial charge < -0.3 is 11.1 Å². The summed E-state index contributed by atoms with van der Waals surface area (Å²) < 4.78 is 22.9. The number of amides is 1. The number of hydrogen-bond donors (Lipinski definition) is 2. The van der Waals surface area contributed by atoms with E-state index in [0.29, 0.717) is 17.0 Å². The van der Waals surface area contributed by atoms with Crippen LogP contribution in [-0.4, -0.2) is 36.9 Å². The zero-order valence-electron chi connectivity index (χ0n) is 11.4. The highest BCUT2D eigenvalue weighted by atomic mass is 32.2. The number of pyridine rings is 1. The molecule has 0 aromatic carbocycles. The van der Waals surface area contributed by atoms with Gasteiger partial charge in [0.1, 0.15) is 9.71 Å². The number of sulfone groups is 1. The summed E-state index contributed by atoms with van der Waals surface area (Å²) in [5, 5.41) is 3.55. The minimum absolute atomic E-state index is 0.000811. The van der Waals surface area contributed by atoms with Gasteiger partial charge >= 0.3 is 0 Å². The maximum Gasteiger partial charge on any atom is 0.263 e. The normalized spacial score (nSPS) is 20.7. The van der Waals surface area contributed by atoms with Gasteiger partial charge in [-0.25, -0.2) is 13.4 Å². The van der Waals surface area contributed by atoms with Gasteiger partial charge in [0.2, 0.25) is 0 Å². The molecule has 3 rings (SSSR count). The number of aryl methyl sites for hydroxylation is 1. The van der Waals surface area contributed by atoms with Crippen molar-refractivity contribution >= 4 is 43.0 Å². The van der Waals surface area contributed by atoms with Gasteiger partial charge in [-0.3, -0.25) is 4.79 Å². The lowest BCUT2D eigenvalue weighted by atomic mass is 10.1. The summed E-state index contributed by atoms with van der Waals surface area (Å²) in [6, 6.07) is 1.51. The third-order valence-electron chi connectivity index (χ3n) is 3.61. The van der Waals surface area contributed by atoms with Crippen LogP contribution in [0.15, 0.2) is 12.3 Å². The Bertz CT molecular complexity index is 827. The molecule has 2 aromatic heterocycles. The van der Waals surface area contributed by atoms with E-state index in [0.717, 1.165) is 15.8 Å². The van der Waals surface area contributed by atoms with Crippen LogP contribution in [-0.2, 0) is 9.84 Å². The highest BCUT2D eigenvalue weighted by Gasteiger charge is 2.30. The second kappa shape index (κ2) is 4.96. The van der Waals surface area contributed by atoms with Crippen LogP contribution in [0.25, 0.3) is 10.2 Å². The fourth-order valence-corrected chi connectivity index (χ4v) is 5.25. The molecule has 1 aliphatic heterocycles. The van der Waals surface area contributed by atoms with Crippen LogP contribution in [0.2, 0.25) is 0 Å². The van der Waals surface area contributed by atoms with E-state index in [-0.39, 0.29) is 23.5 Å².